The Bertz CT molecular complexity index is 177. The number of aliphatic carboxylic acids is 1. The lowest BCUT2D eigenvalue weighted by Crippen LogP contribution is -2.24. The van der Waals surface area contributed by atoms with Gasteiger partial charge in [0.15, 0.2) is 6.10 Å². The van der Waals surface area contributed by atoms with Crippen LogP contribution in [0.1, 0.15) is 26.2 Å². The van der Waals surface area contributed by atoms with Gasteiger partial charge in [-0.25, -0.2) is 4.79 Å². The van der Waals surface area contributed by atoms with Gasteiger partial charge in [-0.3, -0.25) is 4.79 Å². The first-order valence-electron chi connectivity index (χ1n) is 4.14. The number of rotatable bonds is 6. The van der Waals surface area contributed by atoms with E-state index in [1.54, 1.807) is 0 Å². The van der Waals surface area contributed by atoms with Crippen LogP contribution in [0.3, 0.4) is 0 Å². The minimum absolute atomic E-state index is 0.279. The number of hydrogen-bond acceptors (Lipinski definition) is 4. The number of carbonyl (C=O) groups is 2. The molecule has 0 aliphatic carbocycles. The fraction of sp³-hybridized carbons (Fsp3) is 0.750. The lowest BCUT2D eigenvalue weighted by molar-refractivity contribution is -0.155. The predicted molar refractivity (Wildman–Crippen MR) is 44.1 cm³/mol. The first-order chi connectivity index (χ1) is 6.07. The summed E-state index contributed by atoms with van der Waals surface area (Å²) in [7, 11) is 0. The standard InChI is InChI=1S/C8H14O5/c1-2-3-4-13-7(10)5-6(9)8(11)12/h6,9H,2-5H2,1H3,(H,11,12). The topological polar surface area (TPSA) is 83.8 Å². The molecule has 0 spiro atoms. The maximum atomic E-state index is 10.8. The van der Waals surface area contributed by atoms with Gasteiger partial charge in [-0.1, -0.05) is 13.3 Å². The number of carboxylic acids is 1. The Kier molecular flexibility index (Phi) is 5.88. The zero-order valence-electron chi connectivity index (χ0n) is 7.52. The van der Waals surface area contributed by atoms with Crippen molar-refractivity contribution in [3.8, 4) is 0 Å². The van der Waals surface area contributed by atoms with E-state index in [0.717, 1.165) is 12.8 Å². The second kappa shape index (κ2) is 6.42. The summed E-state index contributed by atoms with van der Waals surface area (Å²) < 4.78 is 4.64. The van der Waals surface area contributed by atoms with Gasteiger partial charge < -0.3 is 14.9 Å². The summed E-state index contributed by atoms with van der Waals surface area (Å²) in [6, 6.07) is 0. The number of unbranched alkanes of at least 4 members (excludes halogenated alkanes) is 1. The van der Waals surface area contributed by atoms with Crippen molar-refractivity contribution in [1.29, 1.82) is 0 Å². The Hall–Kier alpha value is -1.10. The molecule has 76 valence electrons. The summed E-state index contributed by atoms with van der Waals surface area (Å²) in [5.41, 5.74) is 0. The molecule has 5 heteroatoms. The molecular formula is C8H14O5. The number of aliphatic hydroxyl groups excluding tert-OH is 1. The van der Waals surface area contributed by atoms with Gasteiger partial charge >= 0.3 is 11.9 Å². The van der Waals surface area contributed by atoms with Crippen molar-refractivity contribution >= 4 is 11.9 Å². The van der Waals surface area contributed by atoms with Gasteiger partial charge in [0.1, 0.15) is 0 Å². The van der Waals surface area contributed by atoms with Gasteiger partial charge in [0.25, 0.3) is 0 Å². The third kappa shape index (κ3) is 6.10. The third-order valence-corrected chi connectivity index (χ3v) is 1.41. The van der Waals surface area contributed by atoms with Crippen molar-refractivity contribution in [2.75, 3.05) is 6.61 Å². The van der Waals surface area contributed by atoms with Crippen molar-refractivity contribution in [2.45, 2.75) is 32.3 Å². The molecule has 0 aromatic heterocycles. The van der Waals surface area contributed by atoms with Gasteiger partial charge in [0.05, 0.1) is 13.0 Å². The fourth-order valence-corrected chi connectivity index (χ4v) is 0.634. The lowest BCUT2D eigenvalue weighted by Gasteiger charge is -2.05. The van der Waals surface area contributed by atoms with Gasteiger partial charge in [-0.15, -0.1) is 0 Å². The summed E-state index contributed by atoms with van der Waals surface area (Å²) in [4.78, 5) is 20.9. The Morgan fingerprint density at radius 1 is 1.46 bits per heavy atom. The van der Waals surface area contributed by atoms with E-state index in [4.69, 9.17) is 10.2 Å². The van der Waals surface area contributed by atoms with Gasteiger partial charge in [0.2, 0.25) is 0 Å². The summed E-state index contributed by atoms with van der Waals surface area (Å²) in [6.45, 7) is 2.22. The molecule has 0 saturated heterocycles. The summed E-state index contributed by atoms with van der Waals surface area (Å²) in [5, 5.41) is 17.0. The Morgan fingerprint density at radius 3 is 2.54 bits per heavy atom. The number of carboxylic acid groups (broad SMARTS) is 1. The first kappa shape index (κ1) is 11.9. The van der Waals surface area contributed by atoms with Crippen molar-refractivity contribution in [3.63, 3.8) is 0 Å². The monoisotopic (exact) mass is 190 g/mol. The van der Waals surface area contributed by atoms with Crippen LogP contribution in [-0.4, -0.2) is 34.9 Å². The molecule has 0 amide bonds. The van der Waals surface area contributed by atoms with Crippen LogP contribution >= 0.6 is 0 Å². The van der Waals surface area contributed by atoms with E-state index in [1.165, 1.54) is 0 Å². The lowest BCUT2D eigenvalue weighted by atomic mass is 10.2. The van der Waals surface area contributed by atoms with E-state index in [1.807, 2.05) is 6.92 Å². The highest BCUT2D eigenvalue weighted by Gasteiger charge is 2.18. The van der Waals surface area contributed by atoms with E-state index >= 15 is 0 Å². The van der Waals surface area contributed by atoms with Crippen molar-refractivity contribution in [2.24, 2.45) is 0 Å². The molecule has 2 N–H and O–H groups in total. The second-order valence-electron chi connectivity index (χ2n) is 2.63. The number of esters is 1. The van der Waals surface area contributed by atoms with Crippen molar-refractivity contribution < 1.29 is 24.5 Å². The summed E-state index contributed by atoms with van der Waals surface area (Å²) in [6.07, 6.45) is -0.503. The maximum Gasteiger partial charge on any atom is 0.333 e. The van der Waals surface area contributed by atoms with Gasteiger partial charge in [0, 0.05) is 0 Å². The van der Waals surface area contributed by atoms with Gasteiger partial charge in [-0.05, 0) is 6.42 Å². The second-order valence-corrected chi connectivity index (χ2v) is 2.63. The normalized spacial score (nSPS) is 12.2. The molecule has 0 aromatic carbocycles. The van der Waals surface area contributed by atoms with Crippen LogP contribution < -0.4 is 0 Å². The van der Waals surface area contributed by atoms with Crippen LogP contribution in [0.15, 0.2) is 0 Å². The molecule has 0 rings (SSSR count). The van der Waals surface area contributed by atoms with E-state index in [9.17, 15) is 9.59 Å². The molecule has 0 bridgehead atoms. The van der Waals surface area contributed by atoms with Crippen LogP contribution in [-0.2, 0) is 14.3 Å². The zero-order chi connectivity index (χ0) is 10.3. The largest absolute Gasteiger partial charge is 0.479 e. The minimum Gasteiger partial charge on any atom is -0.479 e. The summed E-state index contributed by atoms with van der Waals surface area (Å²) >= 11 is 0. The number of aliphatic hydroxyl groups is 1. The smallest absolute Gasteiger partial charge is 0.333 e. The maximum absolute atomic E-state index is 10.8. The molecule has 0 aliphatic heterocycles. The number of hydrogen-bond donors (Lipinski definition) is 2. The highest BCUT2D eigenvalue weighted by molar-refractivity contribution is 5.80. The highest BCUT2D eigenvalue weighted by atomic mass is 16.5. The zero-order valence-corrected chi connectivity index (χ0v) is 7.52. The Morgan fingerprint density at radius 2 is 2.08 bits per heavy atom. The van der Waals surface area contributed by atoms with Crippen LogP contribution in [0.5, 0.6) is 0 Å². The molecule has 0 fully saturated rings. The molecule has 0 radical (unpaired) electrons. The molecule has 0 saturated carbocycles. The fourth-order valence-electron chi connectivity index (χ4n) is 0.634. The molecular weight excluding hydrogens is 176 g/mol. The predicted octanol–water partition coefficient (Wildman–Crippen LogP) is 0.165. The first-order valence-corrected chi connectivity index (χ1v) is 4.14. The molecule has 0 heterocycles. The van der Waals surface area contributed by atoms with Crippen LogP contribution in [0.25, 0.3) is 0 Å². The molecule has 5 nitrogen and oxygen atoms in total. The summed E-state index contributed by atoms with van der Waals surface area (Å²) in [5.74, 6) is -2.09. The Labute approximate surface area is 76.3 Å². The highest BCUT2D eigenvalue weighted by Crippen LogP contribution is 1.96. The van der Waals surface area contributed by atoms with Crippen LogP contribution in [0.2, 0.25) is 0 Å². The van der Waals surface area contributed by atoms with E-state index in [-0.39, 0.29) is 6.61 Å². The van der Waals surface area contributed by atoms with Crippen molar-refractivity contribution in [1.82, 2.24) is 0 Å². The molecule has 0 aromatic rings. The molecule has 1 unspecified atom stereocenters. The number of ether oxygens (including phenoxy) is 1. The average Bonchev–Trinajstić information content (AvgIpc) is 2.04. The molecule has 0 aliphatic rings. The quantitative estimate of drug-likeness (QED) is 0.460. The van der Waals surface area contributed by atoms with Crippen molar-refractivity contribution in [3.05, 3.63) is 0 Å². The van der Waals surface area contributed by atoms with Gasteiger partial charge in [-0.2, -0.15) is 0 Å². The SMILES string of the molecule is CCCCOC(=O)CC(O)C(=O)O. The van der Waals surface area contributed by atoms with E-state index in [0.29, 0.717) is 0 Å². The van der Waals surface area contributed by atoms with E-state index in [2.05, 4.69) is 4.74 Å². The average molecular weight is 190 g/mol. The van der Waals surface area contributed by atoms with Crippen LogP contribution in [0, 0.1) is 0 Å². The Balaban J connectivity index is 3.56. The molecule has 1 atom stereocenters. The molecule has 13 heavy (non-hydrogen) atoms. The minimum atomic E-state index is -1.66. The number of carbonyl (C=O) groups excluding carboxylic acids is 1. The van der Waals surface area contributed by atoms with Crippen LogP contribution in [0.4, 0.5) is 0 Å². The third-order valence-electron chi connectivity index (χ3n) is 1.41. The van der Waals surface area contributed by atoms with E-state index < -0.39 is 24.5 Å².